The lowest BCUT2D eigenvalue weighted by molar-refractivity contribution is -0.118. The van der Waals surface area contributed by atoms with Gasteiger partial charge in [-0.3, -0.25) is 14.6 Å². The lowest BCUT2D eigenvalue weighted by atomic mass is 10.3. The minimum Gasteiger partial charge on any atom is -0.379 e. The van der Waals surface area contributed by atoms with E-state index in [0.29, 0.717) is 21.5 Å². The van der Waals surface area contributed by atoms with Gasteiger partial charge in [-0.1, -0.05) is 22.9 Å². The van der Waals surface area contributed by atoms with Gasteiger partial charge in [0.25, 0.3) is 0 Å². The zero-order valence-electron chi connectivity index (χ0n) is 16.2. The Morgan fingerprint density at radius 1 is 1.23 bits per heavy atom. The van der Waals surface area contributed by atoms with E-state index in [4.69, 9.17) is 16.3 Å². The van der Waals surface area contributed by atoms with Crippen LogP contribution in [-0.2, 0) is 16.0 Å². The number of halogens is 3. The van der Waals surface area contributed by atoms with E-state index in [1.165, 1.54) is 34.8 Å². The Labute approximate surface area is 193 Å². The number of rotatable bonds is 7. The molecule has 0 atom stereocenters. The lowest BCUT2D eigenvalue weighted by Gasteiger charge is -2.27. The molecule has 1 saturated heterocycles. The predicted octanol–water partition coefficient (Wildman–Crippen LogP) is 4.87. The number of thiophene rings is 1. The van der Waals surface area contributed by atoms with Gasteiger partial charge in [-0.05, 0) is 36.8 Å². The number of hydrogen-bond donors (Lipinski definition) is 0. The van der Waals surface area contributed by atoms with Crippen molar-refractivity contribution in [2.45, 2.75) is 12.8 Å². The molecule has 0 spiro atoms. The van der Waals surface area contributed by atoms with Gasteiger partial charge in [0.1, 0.15) is 5.82 Å². The number of morpholine rings is 1. The highest BCUT2D eigenvalue weighted by Crippen LogP contribution is 2.30. The van der Waals surface area contributed by atoms with E-state index >= 15 is 0 Å². The SMILES string of the molecule is Cl.O=C(Cc1ccc(Cl)s1)N(CCCN1CCOCC1)c1nc2ccc(F)cc2s1. The van der Waals surface area contributed by atoms with E-state index < -0.39 is 0 Å². The largest absolute Gasteiger partial charge is 0.379 e. The number of thiazole rings is 1. The molecule has 0 aliphatic carbocycles. The van der Waals surface area contributed by atoms with Gasteiger partial charge in [0, 0.05) is 31.1 Å². The fourth-order valence-corrected chi connectivity index (χ4v) is 5.41. The molecule has 0 radical (unpaired) electrons. The van der Waals surface area contributed by atoms with E-state index in [0.717, 1.165) is 48.8 Å². The molecular weight excluding hydrogens is 468 g/mol. The van der Waals surface area contributed by atoms with Crippen LogP contribution in [0.2, 0.25) is 4.34 Å². The fraction of sp³-hybridized carbons (Fsp3) is 0.400. The average molecular weight is 490 g/mol. The highest BCUT2D eigenvalue weighted by atomic mass is 35.5. The van der Waals surface area contributed by atoms with Crippen molar-refractivity contribution >= 4 is 67.9 Å². The zero-order valence-corrected chi connectivity index (χ0v) is 19.4. The monoisotopic (exact) mass is 489 g/mol. The van der Waals surface area contributed by atoms with Gasteiger partial charge >= 0.3 is 0 Å². The maximum absolute atomic E-state index is 13.6. The summed E-state index contributed by atoms with van der Waals surface area (Å²) in [5, 5.41) is 0.611. The van der Waals surface area contributed by atoms with Gasteiger partial charge in [0.05, 0.1) is 34.2 Å². The van der Waals surface area contributed by atoms with E-state index in [1.807, 2.05) is 6.07 Å². The topological polar surface area (TPSA) is 45.7 Å². The molecule has 1 fully saturated rings. The van der Waals surface area contributed by atoms with Crippen LogP contribution in [0.4, 0.5) is 9.52 Å². The third-order valence-corrected chi connectivity index (χ3v) is 7.06. The van der Waals surface area contributed by atoms with Crippen molar-refractivity contribution < 1.29 is 13.9 Å². The minimum absolute atomic E-state index is 0. The normalized spacial score (nSPS) is 14.6. The van der Waals surface area contributed by atoms with Gasteiger partial charge in [-0.2, -0.15) is 0 Å². The first-order chi connectivity index (χ1) is 14.1. The Hall–Kier alpha value is -1.29. The van der Waals surface area contributed by atoms with Crippen LogP contribution < -0.4 is 4.90 Å². The van der Waals surface area contributed by atoms with E-state index in [1.54, 1.807) is 17.0 Å². The molecule has 0 unspecified atom stereocenters. The van der Waals surface area contributed by atoms with E-state index in [2.05, 4.69) is 9.88 Å². The second-order valence-electron chi connectivity index (χ2n) is 6.84. The number of carbonyl (C=O) groups is 1. The third-order valence-electron chi connectivity index (χ3n) is 4.79. The number of benzene rings is 1. The zero-order chi connectivity index (χ0) is 20.2. The molecule has 10 heteroatoms. The Kier molecular flexibility index (Phi) is 8.44. The smallest absolute Gasteiger partial charge is 0.234 e. The van der Waals surface area contributed by atoms with Crippen LogP contribution >= 0.6 is 46.7 Å². The molecule has 30 heavy (non-hydrogen) atoms. The second kappa shape index (κ2) is 10.8. The van der Waals surface area contributed by atoms with Crippen LogP contribution in [0.1, 0.15) is 11.3 Å². The maximum Gasteiger partial charge on any atom is 0.234 e. The first-order valence-corrected chi connectivity index (χ1v) is 11.5. The van der Waals surface area contributed by atoms with Crippen LogP contribution in [0, 0.1) is 5.82 Å². The third kappa shape index (κ3) is 5.90. The number of hydrogen-bond acceptors (Lipinski definition) is 6. The number of ether oxygens (including phenoxy) is 1. The summed E-state index contributed by atoms with van der Waals surface area (Å²) in [4.78, 5) is 22.7. The predicted molar refractivity (Wildman–Crippen MR) is 124 cm³/mol. The van der Waals surface area contributed by atoms with Crippen molar-refractivity contribution in [1.29, 1.82) is 0 Å². The molecular formula is C20H22Cl2FN3O2S2. The first-order valence-electron chi connectivity index (χ1n) is 9.49. The van der Waals surface area contributed by atoms with Crippen molar-refractivity contribution in [3.63, 3.8) is 0 Å². The Bertz CT molecular complexity index is 992. The standard InChI is InChI=1S/C20H21ClFN3O2S2.ClH/c21-18-5-3-15(28-18)13-19(26)25(7-1-6-24-8-10-27-11-9-24)20-23-16-4-2-14(22)12-17(16)29-20;/h2-5,12H,1,6-11,13H2;1H. The van der Waals surface area contributed by atoms with Gasteiger partial charge in [0.2, 0.25) is 5.91 Å². The molecule has 3 aromatic rings. The quantitative estimate of drug-likeness (QED) is 0.474. The Morgan fingerprint density at radius 2 is 2.03 bits per heavy atom. The number of nitrogens with zero attached hydrogens (tertiary/aromatic N) is 3. The van der Waals surface area contributed by atoms with Crippen molar-refractivity contribution in [3.05, 3.63) is 45.4 Å². The van der Waals surface area contributed by atoms with Crippen LogP contribution in [-0.4, -0.2) is 55.2 Å². The molecule has 1 amide bonds. The second-order valence-corrected chi connectivity index (χ2v) is 9.65. The number of amides is 1. The molecule has 1 aromatic carbocycles. The molecule has 1 aliphatic heterocycles. The average Bonchev–Trinajstić information content (AvgIpc) is 3.31. The molecule has 0 bridgehead atoms. The molecule has 3 heterocycles. The Balaban J connectivity index is 0.00000256. The van der Waals surface area contributed by atoms with Crippen LogP contribution in [0.3, 0.4) is 0 Å². The van der Waals surface area contributed by atoms with Crippen LogP contribution in [0.25, 0.3) is 10.2 Å². The summed E-state index contributed by atoms with van der Waals surface area (Å²) in [6, 6.07) is 8.19. The highest BCUT2D eigenvalue weighted by molar-refractivity contribution is 7.22. The molecule has 5 nitrogen and oxygen atoms in total. The number of fused-ring (bicyclic) bond motifs is 1. The lowest BCUT2D eigenvalue weighted by Crippen LogP contribution is -2.39. The molecule has 1 aliphatic rings. The molecule has 0 N–H and O–H groups in total. The molecule has 0 saturated carbocycles. The highest BCUT2D eigenvalue weighted by Gasteiger charge is 2.21. The fourth-order valence-electron chi connectivity index (χ4n) is 3.30. The van der Waals surface area contributed by atoms with Crippen molar-refractivity contribution in [3.8, 4) is 0 Å². The van der Waals surface area contributed by atoms with Gasteiger partial charge < -0.3 is 4.74 Å². The van der Waals surface area contributed by atoms with Gasteiger partial charge in [0.15, 0.2) is 5.13 Å². The van der Waals surface area contributed by atoms with Crippen LogP contribution in [0.5, 0.6) is 0 Å². The summed E-state index contributed by atoms with van der Waals surface area (Å²) in [5.74, 6) is -0.323. The molecule has 162 valence electrons. The van der Waals surface area contributed by atoms with Crippen molar-refractivity contribution in [2.75, 3.05) is 44.3 Å². The van der Waals surface area contributed by atoms with Gasteiger partial charge in [-0.15, -0.1) is 23.7 Å². The minimum atomic E-state index is -0.300. The van der Waals surface area contributed by atoms with E-state index in [9.17, 15) is 9.18 Å². The number of aromatic nitrogens is 1. The van der Waals surface area contributed by atoms with Crippen molar-refractivity contribution in [2.24, 2.45) is 0 Å². The van der Waals surface area contributed by atoms with E-state index in [-0.39, 0.29) is 30.6 Å². The summed E-state index contributed by atoms with van der Waals surface area (Å²) in [6.07, 6.45) is 1.11. The molecule has 2 aromatic heterocycles. The summed E-state index contributed by atoms with van der Waals surface area (Å²) in [6.45, 7) is 4.82. The number of carbonyl (C=O) groups excluding carboxylic acids is 1. The van der Waals surface area contributed by atoms with Crippen molar-refractivity contribution in [1.82, 2.24) is 9.88 Å². The van der Waals surface area contributed by atoms with Crippen LogP contribution in [0.15, 0.2) is 30.3 Å². The first kappa shape index (κ1) is 23.4. The maximum atomic E-state index is 13.6. The summed E-state index contributed by atoms with van der Waals surface area (Å²) < 4.78 is 20.4. The van der Waals surface area contributed by atoms with Gasteiger partial charge in [-0.25, -0.2) is 9.37 Å². The summed E-state index contributed by atoms with van der Waals surface area (Å²) in [7, 11) is 0. The molecule has 4 rings (SSSR count). The Morgan fingerprint density at radius 3 is 2.77 bits per heavy atom. The summed E-state index contributed by atoms with van der Waals surface area (Å²) >= 11 is 8.77. The summed E-state index contributed by atoms with van der Waals surface area (Å²) in [5.41, 5.74) is 0.705. The number of anilines is 1.